The number of anilines is 2. The summed E-state index contributed by atoms with van der Waals surface area (Å²) in [6, 6.07) is 6.83. The number of aromatic nitrogens is 1. The minimum Gasteiger partial charge on any atom is -0.424 e. The normalized spacial score (nSPS) is 17.0. The molecule has 4 rings (SSSR count). The zero-order valence-corrected chi connectivity index (χ0v) is 21.1. The first-order valence-corrected chi connectivity index (χ1v) is 13.8. The van der Waals surface area contributed by atoms with Crippen molar-refractivity contribution in [1.29, 1.82) is 0 Å². The van der Waals surface area contributed by atoms with Crippen molar-refractivity contribution in [3.8, 4) is 11.3 Å². The lowest BCUT2D eigenvalue weighted by Crippen LogP contribution is -2.23. The standard InChI is InChI=1S/C10H11N3O3S.C8H15N.C7H14/c1-17(14,15)13-8-4-2-3-7(5-8)9-6-12-10(11)16-9;1-2-6-9-7-4-3-5-8-9;1-7-5-3-2-4-6-7/h2-6,13H,1H3,(H2,11,12);2,6H,3-5,7-8H2,1H3;7H,2-6H2,1H3/b;6-2+;. The van der Waals surface area contributed by atoms with Crippen LogP contribution in [0, 0.1) is 5.92 Å². The number of nitrogens with zero attached hydrogens (tertiary/aromatic N) is 2. The Balaban J connectivity index is 0.000000201. The number of likely N-dealkylation sites (tertiary alicyclic amines) is 1. The third-order valence-electron chi connectivity index (χ3n) is 5.62. The average molecular weight is 477 g/mol. The highest BCUT2D eigenvalue weighted by molar-refractivity contribution is 7.92. The van der Waals surface area contributed by atoms with E-state index in [1.54, 1.807) is 24.3 Å². The summed E-state index contributed by atoms with van der Waals surface area (Å²) in [7, 11) is -3.29. The van der Waals surface area contributed by atoms with E-state index in [0.29, 0.717) is 17.0 Å². The lowest BCUT2D eigenvalue weighted by atomic mass is 9.91. The summed E-state index contributed by atoms with van der Waals surface area (Å²) < 4.78 is 29.7. The van der Waals surface area contributed by atoms with Crippen LogP contribution in [0.2, 0.25) is 0 Å². The second kappa shape index (κ2) is 13.9. The van der Waals surface area contributed by atoms with Gasteiger partial charge in [0.2, 0.25) is 10.0 Å². The van der Waals surface area contributed by atoms with Crippen LogP contribution >= 0.6 is 0 Å². The molecule has 0 spiro atoms. The molecule has 2 aromatic rings. The van der Waals surface area contributed by atoms with Crippen molar-refractivity contribution in [1.82, 2.24) is 9.88 Å². The van der Waals surface area contributed by atoms with Gasteiger partial charge in [0.15, 0.2) is 5.76 Å². The van der Waals surface area contributed by atoms with E-state index >= 15 is 0 Å². The van der Waals surface area contributed by atoms with Gasteiger partial charge in [0, 0.05) is 24.3 Å². The molecule has 184 valence electrons. The van der Waals surface area contributed by atoms with E-state index in [-0.39, 0.29) is 6.01 Å². The highest BCUT2D eigenvalue weighted by Gasteiger charge is 2.07. The van der Waals surface area contributed by atoms with Crippen molar-refractivity contribution < 1.29 is 12.8 Å². The van der Waals surface area contributed by atoms with E-state index in [0.717, 1.165) is 12.2 Å². The monoisotopic (exact) mass is 476 g/mol. The maximum Gasteiger partial charge on any atom is 0.292 e. The van der Waals surface area contributed by atoms with Gasteiger partial charge in [-0.2, -0.15) is 0 Å². The molecule has 2 aliphatic rings. The van der Waals surface area contributed by atoms with Gasteiger partial charge in [-0.15, -0.1) is 0 Å². The first-order chi connectivity index (χ1) is 15.8. The van der Waals surface area contributed by atoms with Crippen molar-refractivity contribution in [2.75, 3.05) is 29.8 Å². The highest BCUT2D eigenvalue weighted by Crippen LogP contribution is 2.24. The number of sulfonamides is 1. The number of rotatable bonds is 4. The second-order valence-electron chi connectivity index (χ2n) is 8.84. The SMILES string of the molecule is C/C=C/N1CCCCC1.CC1CCCCC1.CS(=O)(=O)Nc1cccc(-c2cnc(N)o2)c1. The van der Waals surface area contributed by atoms with Gasteiger partial charge in [0.1, 0.15) is 0 Å². The molecule has 1 aliphatic carbocycles. The minimum absolute atomic E-state index is 0.0708. The molecular formula is C25H40N4O3S. The van der Waals surface area contributed by atoms with Crippen LogP contribution in [0.5, 0.6) is 0 Å². The minimum atomic E-state index is -3.29. The van der Waals surface area contributed by atoms with Crippen LogP contribution in [-0.2, 0) is 10.0 Å². The van der Waals surface area contributed by atoms with Crippen molar-refractivity contribution in [3.05, 3.63) is 42.7 Å². The van der Waals surface area contributed by atoms with Gasteiger partial charge in [0.25, 0.3) is 6.01 Å². The Kier molecular flexibility index (Phi) is 11.3. The van der Waals surface area contributed by atoms with Gasteiger partial charge in [-0.3, -0.25) is 4.72 Å². The van der Waals surface area contributed by atoms with Gasteiger partial charge in [-0.25, -0.2) is 13.4 Å². The summed E-state index contributed by atoms with van der Waals surface area (Å²) in [5.74, 6) is 1.52. The van der Waals surface area contributed by atoms with E-state index in [1.807, 2.05) is 0 Å². The van der Waals surface area contributed by atoms with Crippen LogP contribution in [0.3, 0.4) is 0 Å². The number of oxazole rings is 1. The summed E-state index contributed by atoms with van der Waals surface area (Å²) in [5, 5.41) is 0. The lowest BCUT2D eigenvalue weighted by Gasteiger charge is -2.24. The van der Waals surface area contributed by atoms with E-state index < -0.39 is 10.0 Å². The molecule has 2 fully saturated rings. The number of benzene rings is 1. The first kappa shape index (κ1) is 26.8. The summed E-state index contributed by atoms with van der Waals surface area (Å²) in [4.78, 5) is 6.16. The smallest absolute Gasteiger partial charge is 0.292 e. The number of hydrogen-bond donors (Lipinski definition) is 2. The predicted octanol–water partition coefficient (Wildman–Crippen LogP) is 5.89. The molecule has 7 nitrogen and oxygen atoms in total. The lowest BCUT2D eigenvalue weighted by molar-refractivity contribution is 0.309. The molecule has 0 radical (unpaired) electrons. The van der Waals surface area contributed by atoms with E-state index in [9.17, 15) is 8.42 Å². The van der Waals surface area contributed by atoms with E-state index in [4.69, 9.17) is 10.2 Å². The van der Waals surface area contributed by atoms with E-state index in [1.165, 1.54) is 70.7 Å². The fraction of sp³-hybridized carbons (Fsp3) is 0.560. The number of hydrogen-bond acceptors (Lipinski definition) is 6. The Morgan fingerprint density at radius 3 is 2.30 bits per heavy atom. The number of piperidine rings is 1. The van der Waals surface area contributed by atoms with Crippen LogP contribution in [0.4, 0.5) is 11.7 Å². The molecule has 2 heterocycles. The van der Waals surface area contributed by atoms with Crippen LogP contribution in [0.15, 0.2) is 47.2 Å². The van der Waals surface area contributed by atoms with Crippen molar-refractivity contribution in [2.45, 2.75) is 65.2 Å². The number of allylic oxidation sites excluding steroid dienone is 1. The number of nitrogens with two attached hydrogens (primary N) is 1. The van der Waals surface area contributed by atoms with Crippen LogP contribution in [0.1, 0.15) is 65.2 Å². The molecule has 1 saturated heterocycles. The van der Waals surface area contributed by atoms with Crippen molar-refractivity contribution in [2.24, 2.45) is 5.92 Å². The number of nitrogens with one attached hydrogen (secondary N) is 1. The van der Waals surface area contributed by atoms with Gasteiger partial charge in [0.05, 0.1) is 12.5 Å². The zero-order chi connectivity index (χ0) is 24.1. The molecule has 0 amide bonds. The van der Waals surface area contributed by atoms with Gasteiger partial charge in [-0.05, 0) is 50.4 Å². The van der Waals surface area contributed by atoms with Gasteiger partial charge in [-0.1, -0.05) is 57.2 Å². The third kappa shape index (κ3) is 11.3. The second-order valence-corrected chi connectivity index (χ2v) is 10.6. The molecule has 1 aromatic carbocycles. The van der Waals surface area contributed by atoms with Gasteiger partial charge < -0.3 is 15.1 Å². The molecule has 1 saturated carbocycles. The third-order valence-corrected chi connectivity index (χ3v) is 6.22. The van der Waals surface area contributed by atoms with Crippen LogP contribution in [0.25, 0.3) is 11.3 Å². The molecule has 1 aromatic heterocycles. The molecule has 3 N–H and O–H groups in total. The Morgan fingerprint density at radius 1 is 1.12 bits per heavy atom. The summed E-state index contributed by atoms with van der Waals surface area (Å²) in [6.45, 7) is 6.97. The Bertz CT molecular complexity index is 944. The molecule has 0 unspecified atom stereocenters. The maximum atomic E-state index is 11.1. The van der Waals surface area contributed by atoms with Crippen molar-refractivity contribution in [3.63, 3.8) is 0 Å². The Morgan fingerprint density at radius 2 is 1.79 bits per heavy atom. The molecule has 8 heteroatoms. The Hall–Kier alpha value is -2.48. The first-order valence-electron chi connectivity index (χ1n) is 11.9. The molecular weight excluding hydrogens is 436 g/mol. The maximum absolute atomic E-state index is 11.1. The summed E-state index contributed by atoms with van der Waals surface area (Å²) in [5.41, 5.74) is 6.52. The van der Waals surface area contributed by atoms with E-state index in [2.05, 4.69) is 40.7 Å². The average Bonchev–Trinajstić information content (AvgIpc) is 3.22. The van der Waals surface area contributed by atoms with Crippen LogP contribution in [-0.4, -0.2) is 37.6 Å². The predicted molar refractivity (Wildman–Crippen MR) is 137 cm³/mol. The van der Waals surface area contributed by atoms with Gasteiger partial charge >= 0.3 is 0 Å². The molecule has 33 heavy (non-hydrogen) atoms. The zero-order valence-electron chi connectivity index (χ0n) is 20.3. The van der Waals surface area contributed by atoms with Crippen LogP contribution < -0.4 is 10.5 Å². The summed E-state index contributed by atoms with van der Waals surface area (Å²) >= 11 is 0. The molecule has 1 aliphatic heterocycles. The molecule has 0 bridgehead atoms. The quantitative estimate of drug-likeness (QED) is 0.571. The largest absolute Gasteiger partial charge is 0.424 e. The molecule has 0 atom stereocenters. The highest BCUT2D eigenvalue weighted by atomic mass is 32.2. The number of nitrogen functional groups attached to an aromatic ring is 1. The fourth-order valence-corrected chi connectivity index (χ4v) is 4.51. The topological polar surface area (TPSA) is 101 Å². The fourth-order valence-electron chi connectivity index (χ4n) is 3.96. The summed E-state index contributed by atoms with van der Waals surface area (Å²) in [6.07, 6.45) is 18.5. The Labute approximate surface area is 199 Å². The van der Waals surface area contributed by atoms with Crippen molar-refractivity contribution >= 4 is 21.7 Å².